The van der Waals surface area contributed by atoms with Crippen LogP contribution in [0.2, 0.25) is 5.02 Å². The Labute approximate surface area is 906 Å². The Balaban J connectivity index is 0.000000233. The summed E-state index contributed by atoms with van der Waals surface area (Å²) in [5.41, 5.74) is 19.0. The number of anilines is 6. The number of benzene rings is 12. The van der Waals surface area contributed by atoms with E-state index in [9.17, 15) is 64.4 Å². The molecule has 0 aliphatic heterocycles. The lowest BCUT2D eigenvalue weighted by Gasteiger charge is -2.19. The normalized spacial score (nSPS) is 10.4. The molecule has 0 aromatic heterocycles. The number of nitrogens with zero attached hydrogens (tertiary/aromatic N) is 6. The number of amides is 6. The van der Waals surface area contributed by atoms with Crippen molar-refractivity contribution in [1.82, 2.24) is 0 Å². The Bertz CT molecular complexity index is 5790. The molecule has 0 aliphatic carbocycles. The molecule has 0 saturated heterocycles. The maximum Gasteiger partial charge on any atom is 0.438 e. The second-order valence-electron chi connectivity index (χ2n) is 31.3. The van der Waals surface area contributed by atoms with Crippen molar-refractivity contribution in [1.29, 1.82) is 0 Å². The zero-order valence-electron chi connectivity index (χ0n) is 81.1. The third-order valence-corrected chi connectivity index (χ3v) is 27.6. The van der Waals surface area contributed by atoms with Crippen LogP contribution in [0.1, 0.15) is 106 Å². The highest BCUT2D eigenvalue weighted by Gasteiger charge is 2.28. The number of halogens is 10. The lowest BCUT2D eigenvalue weighted by molar-refractivity contribution is 0.140. The van der Waals surface area contributed by atoms with Gasteiger partial charge in [0, 0.05) is 40.9 Å². The molecule has 12 rings (SSSR count). The number of hydrogen-bond donors (Lipinski definition) is 6. The van der Waals surface area contributed by atoms with Gasteiger partial charge >= 0.3 is 36.6 Å². The van der Waals surface area contributed by atoms with Gasteiger partial charge < -0.3 is 56.8 Å². The molecule has 0 bridgehead atoms. The number of para-hydroxylation sites is 1. The average Bonchev–Trinajstić information content (AvgIpc) is 0.823. The quantitative estimate of drug-likeness (QED) is 0.0142. The van der Waals surface area contributed by atoms with Gasteiger partial charge in [0.25, 0.3) is 0 Å². The van der Waals surface area contributed by atoms with Crippen LogP contribution >= 0.6 is 146 Å². The zero-order chi connectivity index (χ0) is 106. The predicted molar refractivity (Wildman–Crippen MR) is 576 cm³/mol. The number of rotatable bonds is 24. The monoisotopic (exact) mass is 2540 g/mol. The molecule has 0 heterocycles. The molecule has 40 heteroatoms. The van der Waals surface area contributed by atoms with Crippen LogP contribution in [0.15, 0.2) is 219 Å². The van der Waals surface area contributed by atoms with Crippen molar-refractivity contribution in [3.63, 3.8) is 0 Å². The number of hydroxylamine groups is 6. The molecule has 0 radical (unpaired) electrons. The number of methoxy groups -OCH3 is 6. The molecule has 762 valence electrons. The van der Waals surface area contributed by atoms with Gasteiger partial charge in [-0.05, 0) is 414 Å². The van der Waals surface area contributed by atoms with Crippen LogP contribution in [0.4, 0.5) is 67.3 Å². The van der Waals surface area contributed by atoms with Crippen LogP contribution in [0.25, 0.3) is 0 Å². The van der Waals surface area contributed by atoms with Crippen molar-refractivity contribution >= 4 is 216 Å². The second kappa shape index (κ2) is 57.1. The Morgan fingerprint density at radius 1 is 0.266 bits per heavy atom. The van der Waals surface area contributed by atoms with E-state index < -0.39 is 42.4 Å². The van der Waals surface area contributed by atoms with Crippen LogP contribution in [0.5, 0.6) is 34.5 Å². The lowest BCUT2D eigenvalue weighted by Crippen LogP contribution is -2.28. The first-order valence-corrected chi connectivity index (χ1v) is 49.7. The van der Waals surface area contributed by atoms with Crippen molar-refractivity contribution in [3.8, 4) is 34.5 Å². The van der Waals surface area contributed by atoms with E-state index in [0.29, 0.717) is 114 Å². The first-order valence-electron chi connectivity index (χ1n) is 42.7. The van der Waals surface area contributed by atoms with Gasteiger partial charge in [-0.2, -0.15) is 30.4 Å². The molecule has 0 fully saturated rings. The topological polar surface area (TPSA) is 354 Å². The minimum absolute atomic E-state index is 0.0375. The number of carbonyl (C=O) groups is 6. The summed E-state index contributed by atoms with van der Waals surface area (Å²) in [5, 5.41) is 62.7. The maximum atomic E-state index is 14.1. The van der Waals surface area contributed by atoms with Crippen molar-refractivity contribution in [3.05, 3.63) is 339 Å². The van der Waals surface area contributed by atoms with E-state index in [4.69, 9.17) is 40.0 Å². The molecule has 0 spiro atoms. The SMILES string of the molecule is COC(=O)N(O)c1cccc(Br)c1COc1cc(C)c(C)cc1Br.COC(=O)N(O)c1cccc(C)c1COc1cc(C)c(C)cc1Br.COC(=O)N(O)c1cccc(Cl)c1COc1cc(C)c(C)cc1Br.COC(=O)N(O)c1cccc(F)c1COc1cc(C)c(C)cc1Br.COC(=O)N(O)c1cccc(I)c1COc1cc(C)c(C)cc1Br.COC(=O)N(O)c1ccccc1COc1cc(C)c(C)cc1Br. The van der Waals surface area contributed by atoms with Gasteiger partial charge in [0.1, 0.15) is 80.0 Å². The van der Waals surface area contributed by atoms with Crippen molar-refractivity contribution in [2.45, 2.75) is 130 Å². The van der Waals surface area contributed by atoms with Gasteiger partial charge in [0.2, 0.25) is 0 Å². The van der Waals surface area contributed by atoms with E-state index in [1.165, 1.54) is 53.7 Å². The molecule has 6 N–H and O–H groups in total. The fourth-order valence-corrected chi connectivity index (χ4v) is 17.4. The Morgan fingerprint density at radius 2 is 0.497 bits per heavy atom. The zero-order valence-corrected chi connectivity index (χ0v) is 95.2. The van der Waals surface area contributed by atoms with Gasteiger partial charge in [-0.1, -0.05) is 82.1 Å². The summed E-state index contributed by atoms with van der Waals surface area (Å²) in [7, 11) is 7.12. The third-order valence-electron chi connectivity index (χ3n) is 21.7. The number of ether oxygens (including phenoxy) is 12. The minimum Gasteiger partial charge on any atom is -0.488 e. The highest BCUT2D eigenvalue weighted by Crippen LogP contribution is 2.40. The fourth-order valence-electron chi connectivity index (χ4n) is 12.7. The molecule has 0 atom stereocenters. The maximum absolute atomic E-state index is 14.1. The molecule has 12 aromatic rings. The van der Waals surface area contributed by atoms with E-state index in [1.807, 2.05) is 187 Å². The first kappa shape index (κ1) is 119. The smallest absolute Gasteiger partial charge is 0.438 e. The van der Waals surface area contributed by atoms with Gasteiger partial charge in [-0.15, -0.1) is 0 Å². The summed E-state index contributed by atoms with van der Waals surface area (Å²) in [6.07, 6.45) is -5.37. The summed E-state index contributed by atoms with van der Waals surface area (Å²) < 4.78 is 82.8. The van der Waals surface area contributed by atoms with Gasteiger partial charge in [-0.3, -0.25) is 31.2 Å². The molecule has 0 saturated carbocycles. The Kier molecular flexibility index (Phi) is 47.6. The molecule has 30 nitrogen and oxygen atoms in total. The van der Waals surface area contributed by atoms with E-state index in [2.05, 4.69) is 163 Å². The number of hydrogen-bond acceptors (Lipinski definition) is 24. The molecule has 0 aliphatic rings. The Morgan fingerprint density at radius 3 is 0.839 bits per heavy atom. The Hall–Kier alpha value is -10.9. The van der Waals surface area contributed by atoms with Gasteiger partial charge in [-0.25, -0.2) is 33.2 Å². The highest BCUT2D eigenvalue weighted by molar-refractivity contribution is 14.1. The van der Waals surface area contributed by atoms with Crippen molar-refractivity contribution in [2.75, 3.05) is 73.0 Å². The van der Waals surface area contributed by atoms with Crippen LogP contribution < -0.4 is 58.8 Å². The molecule has 6 amide bonds. The highest BCUT2D eigenvalue weighted by atomic mass is 127. The third kappa shape index (κ3) is 33.3. The van der Waals surface area contributed by atoms with Gasteiger partial charge in [0.05, 0.1) is 109 Å². The predicted octanol–water partition coefficient (Wildman–Crippen LogP) is 30.1. The lowest BCUT2D eigenvalue weighted by atomic mass is 10.1. The first-order chi connectivity index (χ1) is 67.7. The summed E-state index contributed by atoms with van der Waals surface area (Å²) in [5.74, 6) is 3.37. The van der Waals surface area contributed by atoms with E-state index in [1.54, 1.807) is 72.8 Å². The summed E-state index contributed by atoms with van der Waals surface area (Å²) in [6, 6.07) is 54.8. The molecule has 143 heavy (non-hydrogen) atoms. The van der Waals surface area contributed by atoms with Crippen molar-refractivity contribution in [2.24, 2.45) is 0 Å². The molecule has 0 unspecified atom stereocenters. The van der Waals surface area contributed by atoms with Crippen LogP contribution in [-0.2, 0) is 68.1 Å². The molecular weight excluding hydrogens is 2450 g/mol. The van der Waals surface area contributed by atoms with Crippen molar-refractivity contribution < 1.29 is 121 Å². The summed E-state index contributed by atoms with van der Waals surface area (Å²) in [6.45, 7) is 26.6. The average molecular weight is 2550 g/mol. The number of carbonyl (C=O) groups excluding carboxylic acids is 6. The summed E-state index contributed by atoms with van der Waals surface area (Å²) >= 11 is 32.6. The standard InChI is InChI=1S/C18H20BrNO4.C17H17Br2NO4.C17H17BrClNO4.C17H17BrFNO4.C17H17BrINO4.C17H18BrNO4/c1-11-6-5-7-16(20(22)18(21)23-4)14(11)10-24-17-9-13(3)12(2)8-15(17)19;1-10-7-14(19)16(8-11(10)2)24-9-12-13(18)5-4-6-15(12)20(22)17(21)23-3;3*1-10-7-13(18)16(8-11(10)2)24-9-12-14(19)5-4-6-15(12)20(22)17(21)23-3;1-11-8-14(18)16(9-12(11)2)23-10-13-6-4-5-7-15(13)19(21)17(20)22-3/h5-9,22H,10H2,1-4H3;4*4-8,22H,9H2,1-3H3;4-9,21H,10H2,1-3H3. The minimum atomic E-state index is -1.02. The van der Waals surface area contributed by atoms with E-state index >= 15 is 0 Å². The van der Waals surface area contributed by atoms with Gasteiger partial charge in [0.15, 0.2) is 0 Å². The fraction of sp³-hybridized carbons (Fsp3) is 0.243. The number of aryl methyl sites for hydroxylation is 13. The summed E-state index contributed by atoms with van der Waals surface area (Å²) in [4.78, 5) is 69.3. The van der Waals surface area contributed by atoms with Crippen LogP contribution in [0, 0.1) is 99.4 Å². The molecule has 12 aromatic carbocycles. The molecular formula is C103H106Br7ClFIN6O24. The largest absolute Gasteiger partial charge is 0.488 e. The van der Waals surface area contributed by atoms with Crippen LogP contribution in [0.3, 0.4) is 0 Å². The van der Waals surface area contributed by atoms with Crippen LogP contribution in [-0.4, -0.2) is 110 Å². The van der Waals surface area contributed by atoms with E-state index in [-0.39, 0.29) is 67.3 Å². The second-order valence-corrected chi connectivity index (χ2v) is 38.8. The van der Waals surface area contributed by atoms with E-state index in [0.717, 1.165) is 110 Å².